The first-order valence-electron chi connectivity index (χ1n) is 7.44. The zero-order chi connectivity index (χ0) is 14.7. The van der Waals surface area contributed by atoms with E-state index in [2.05, 4.69) is 47.0 Å². The minimum Gasteiger partial charge on any atom is -0.508 e. The molecule has 3 unspecified atom stereocenters. The van der Waals surface area contributed by atoms with E-state index < -0.39 is 0 Å². The zero-order valence-electron chi connectivity index (χ0n) is 12.6. The topological polar surface area (TPSA) is 35.5 Å². The molecule has 2 N–H and O–H groups in total. The van der Waals surface area contributed by atoms with E-state index in [-0.39, 0.29) is 6.04 Å². The molecule has 0 saturated carbocycles. The molecular weight excluding hydrogens is 316 g/mol. The lowest BCUT2D eigenvalue weighted by molar-refractivity contribution is 0.165. The van der Waals surface area contributed by atoms with Crippen LogP contribution in [0.3, 0.4) is 0 Å². The Labute approximate surface area is 130 Å². The summed E-state index contributed by atoms with van der Waals surface area (Å²) in [5.41, 5.74) is 0.994. The average Bonchev–Trinajstić information content (AvgIpc) is 2.41. The molecule has 1 aromatic rings. The molecular formula is C16H25BrN2O. The maximum atomic E-state index is 10.1. The Morgan fingerprint density at radius 2 is 2.25 bits per heavy atom. The van der Waals surface area contributed by atoms with Crippen LogP contribution in [-0.2, 0) is 0 Å². The first-order chi connectivity index (χ1) is 9.51. The number of rotatable bonds is 4. The summed E-state index contributed by atoms with van der Waals surface area (Å²) in [5, 5.41) is 13.9. The smallest absolute Gasteiger partial charge is 0.120 e. The Balaban J connectivity index is 2.10. The third kappa shape index (κ3) is 3.74. The van der Waals surface area contributed by atoms with Gasteiger partial charge in [0.2, 0.25) is 0 Å². The van der Waals surface area contributed by atoms with Crippen molar-refractivity contribution < 1.29 is 5.11 Å². The van der Waals surface area contributed by atoms with Gasteiger partial charge >= 0.3 is 0 Å². The third-order valence-corrected chi connectivity index (χ3v) is 4.79. The van der Waals surface area contributed by atoms with Crippen molar-refractivity contribution in [3.63, 3.8) is 0 Å². The number of hydrogen-bond acceptors (Lipinski definition) is 3. The standard InChI is InChI=1S/C16H25BrN2O/c1-4-14(13-9-12(17)5-6-16(13)20)18-15-7-8-19(3)10-11(15)2/h5-6,9,11,14-15,18,20H,4,7-8,10H2,1-3H3. The van der Waals surface area contributed by atoms with Crippen molar-refractivity contribution in [1.82, 2.24) is 10.2 Å². The van der Waals surface area contributed by atoms with Crippen molar-refractivity contribution in [2.24, 2.45) is 5.92 Å². The van der Waals surface area contributed by atoms with E-state index in [1.165, 1.54) is 6.42 Å². The monoisotopic (exact) mass is 340 g/mol. The van der Waals surface area contributed by atoms with Gasteiger partial charge in [0.05, 0.1) is 0 Å². The molecule has 2 rings (SSSR count). The molecule has 3 nitrogen and oxygen atoms in total. The van der Waals surface area contributed by atoms with Crippen molar-refractivity contribution in [1.29, 1.82) is 0 Å². The van der Waals surface area contributed by atoms with Gasteiger partial charge in [-0.05, 0) is 50.6 Å². The summed E-state index contributed by atoms with van der Waals surface area (Å²) in [6, 6.07) is 6.40. The van der Waals surface area contributed by atoms with Crippen LogP contribution in [0.2, 0.25) is 0 Å². The zero-order valence-corrected chi connectivity index (χ0v) is 14.2. The lowest BCUT2D eigenvalue weighted by Crippen LogP contribution is -2.47. The first kappa shape index (κ1) is 15.8. The number of phenolic OH excluding ortho intramolecular Hbond substituents is 1. The Hall–Kier alpha value is -0.580. The van der Waals surface area contributed by atoms with Crippen LogP contribution in [0.4, 0.5) is 0 Å². The second-order valence-electron chi connectivity index (χ2n) is 5.97. The molecule has 0 aliphatic carbocycles. The van der Waals surface area contributed by atoms with Crippen LogP contribution in [0.1, 0.15) is 38.3 Å². The van der Waals surface area contributed by atoms with E-state index in [0.29, 0.717) is 17.7 Å². The summed E-state index contributed by atoms with van der Waals surface area (Å²) in [7, 11) is 2.18. The molecule has 4 heteroatoms. The molecule has 112 valence electrons. The predicted molar refractivity (Wildman–Crippen MR) is 87.0 cm³/mol. The fourth-order valence-electron chi connectivity index (χ4n) is 3.09. The highest BCUT2D eigenvalue weighted by Gasteiger charge is 2.27. The van der Waals surface area contributed by atoms with Crippen LogP contribution in [0.15, 0.2) is 22.7 Å². The van der Waals surface area contributed by atoms with E-state index in [9.17, 15) is 5.11 Å². The molecule has 0 bridgehead atoms. The van der Waals surface area contributed by atoms with Crippen LogP contribution in [0.25, 0.3) is 0 Å². The Morgan fingerprint density at radius 3 is 2.90 bits per heavy atom. The second-order valence-corrected chi connectivity index (χ2v) is 6.88. The van der Waals surface area contributed by atoms with Gasteiger partial charge in [0.15, 0.2) is 0 Å². The van der Waals surface area contributed by atoms with Crippen LogP contribution >= 0.6 is 15.9 Å². The Kier molecular flexibility index (Phi) is 5.47. The van der Waals surface area contributed by atoms with Gasteiger partial charge in [-0.25, -0.2) is 0 Å². The predicted octanol–water partition coefficient (Wildman–Crippen LogP) is 3.54. The Morgan fingerprint density at radius 1 is 1.50 bits per heavy atom. The van der Waals surface area contributed by atoms with Crippen LogP contribution in [0, 0.1) is 5.92 Å². The van der Waals surface area contributed by atoms with Crippen molar-refractivity contribution >= 4 is 15.9 Å². The normalized spacial score (nSPS) is 25.6. The molecule has 1 heterocycles. The number of halogens is 1. The first-order valence-corrected chi connectivity index (χ1v) is 8.23. The number of aromatic hydroxyl groups is 1. The van der Waals surface area contributed by atoms with Crippen molar-refractivity contribution in [2.45, 2.75) is 38.8 Å². The molecule has 0 radical (unpaired) electrons. The summed E-state index contributed by atoms with van der Waals surface area (Å²) >= 11 is 3.49. The minimum atomic E-state index is 0.211. The van der Waals surface area contributed by atoms with E-state index in [1.54, 1.807) is 6.07 Å². The van der Waals surface area contributed by atoms with Gasteiger partial charge in [0.25, 0.3) is 0 Å². The summed E-state index contributed by atoms with van der Waals surface area (Å²) in [4.78, 5) is 2.39. The highest BCUT2D eigenvalue weighted by molar-refractivity contribution is 9.10. The molecule has 20 heavy (non-hydrogen) atoms. The van der Waals surface area contributed by atoms with E-state index in [0.717, 1.165) is 29.5 Å². The molecule has 1 saturated heterocycles. The maximum Gasteiger partial charge on any atom is 0.120 e. The van der Waals surface area contributed by atoms with Gasteiger partial charge in [-0.3, -0.25) is 0 Å². The van der Waals surface area contributed by atoms with Gasteiger partial charge in [-0.1, -0.05) is 29.8 Å². The summed E-state index contributed by atoms with van der Waals surface area (Å²) in [6.45, 7) is 6.75. The highest BCUT2D eigenvalue weighted by Crippen LogP contribution is 2.31. The third-order valence-electron chi connectivity index (χ3n) is 4.30. The van der Waals surface area contributed by atoms with Gasteiger partial charge in [-0.2, -0.15) is 0 Å². The molecule has 0 aromatic heterocycles. The Bertz CT molecular complexity index is 452. The fraction of sp³-hybridized carbons (Fsp3) is 0.625. The number of piperidine rings is 1. The molecule has 0 amide bonds. The number of hydrogen-bond donors (Lipinski definition) is 2. The molecule has 1 aliphatic heterocycles. The number of benzene rings is 1. The van der Waals surface area contributed by atoms with Gasteiger partial charge in [-0.15, -0.1) is 0 Å². The SMILES string of the molecule is CCC(NC1CCN(C)CC1C)c1cc(Br)ccc1O. The molecule has 3 atom stereocenters. The lowest BCUT2D eigenvalue weighted by atomic mass is 9.92. The van der Waals surface area contributed by atoms with Crippen molar-refractivity contribution in [3.8, 4) is 5.75 Å². The van der Waals surface area contributed by atoms with Crippen molar-refractivity contribution in [2.75, 3.05) is 20.1 Å². The maximum absolute atomic E-state index is 10.1. The van der Waals surface area contributed by atoms with E-state index >= 15 is 0 Å². The molecule has 0 spiro atoms. The summed E-state index contributed by atoms with van der Waals surface area (Å²) in [6.07, 6.45) is 2.14. The van der Waals surface area contributed by atoms with Gasteiger partial charge in [0.1, 0.15) is 5.75 Å². The van der Waals surface area contributed by atoms with Crippen LogP contribution in [-0.4, -0.2) is 36.2 Å². The number of phenols is 1. The lowest BCUT2D eigenvalue weighted by Gasteiger charge is -2.37. The van der Waals surface area contributed by atoms with Gasteiger partial charge < -0.3 is 15.3 Å². The largest absolute Gasteiger partial charge is 0.508 e. The number of nitrogens with zero attached hydrogens (tertiary/aromatic N) is 1. The summed E-state index contributed by atoms with van der Waals surface area (Å²) < 4.78 is 1.02. The number of nitrogens with one attached hydrogen (secondary N) is 1. The van der Waals surface area contributed by atoms with Crippen LogP contribution in [0.5, 0.6) is 5.75 Å². The van der Waals surface area contributed by atoms with Gasteiger partial charge in [0, 0.05) is 28.7 Å². The molecule has 1 aliphatic rings. The van der Waals surface area contributed by atoms with E-state index in [4.69, 9.17) is 0 Å². The fourth-order valence-corrected chi connectivity index (χ4v) is 3.47. The quantitative estimate of drug-likeness (QED) is 0.879. The second kappa shape index (κ2) is 6.92. The molecule has 1 fully saturated rings. The minimum absolute atomic E-state index is 0.211. The summed E-state index contributed by atoms with van der Waals surface area (Å²) in [5.74, 6) is 1.02. The van der Waals surface area contributed by atoms with E-state index in [1.807, 2.05) is 12.1 Å². The average molecular weight is 341 g/mol. The van der Waals surface area contributed by atoms with Crippen LogP contribution < -0.4 is 5.32 Å². The highest BCUT2D eigenvalue weighted by atomic mass is 79.9. The molecule has 1 aromatic carbocycles. The van der Waals surface area contributed by atoms with Crippen molar-refractivity contribution in [3.05, 3.63) is 28.2 Å². The number of likely N-dealkylation sites (tertiary alicyclic amines) is 1.